The first-order valence-corrected chi connectivity index (χ1v) is 9.24. The molecule has 1 radical (unpaired) electrons. The van der Waals surface area contributed by atoms with Gasteiger partial charge in [-0.3, -0.25) is 0 Å². The topological polar surface area (TPSA) is 18.5 Å². The molecule has 0 fully saturated rings. The number of hydrogen-bond donors (Lipinski definition) is 1. The largest absolute Gasteiger partial charge is 0.322 e. The minimum absolute atomic E-state index is 0. The van der Waals surface area contributed by atoms with Gasteiger partial charge in [0.25, 0.3) is 0 Å². The first kappa shape index (κ1) is 20.2. The average molecular weight is 293 g/mol. The van der Waals surface area contributed by atoms with Crippen LogP contribution >= 0.6 is 17.9 Å². The second-order valence-electron chi connectivity index (χ2n) is 4.50. The molecule has 6 heteroatoms. The van der Waals surface area contributed by atoms with Gasteiger partial charge in [-0.1, -0.05) is 39.9 Å². The fourth-order valence-corrected chi connectivity index (χ4v) is 2.53. The zero-order valence-electron chi connectivity index (χ0n) is 11.1. The summed E-state index contributed by atoms with van der Waals surface area (Å²) >= 11 is 9.45. The van der Waals surface area contributed by atoms with E-state index in [2.05, 4.69) is 39.9 Å². The maximum atomic E-state index is 5.49. The molecule has 0 saturated carbocycles. The predicted octanol–water partition coefficient (Wildman–Crippen LogP) is 3.89. The van der Waals surface area contributed by atoms with Gasteiger partial charge in [0.05, 0.1) is 13.2 Å². The van der Waals surface area contributed by atoms with E-state index in [1.807, 2.05) is 0 Å². The van der Waals surface area contributed by atoms with Crippen LogP contribution in [0.1, 0.15) is 40.5 Å². The molecule has 0 heterocycles. The van der Waals surface area contributed by atoms with Gasteiger partial charge < -0.3 is 9.05 Å². The normalized spacial score (nSPS) is 11.9. The minimum Gasteiger partial charge on any atom is -0.322 e. The summed E-state index contributed by atoms with van der Waals surface area (Å²) in [6.45, 7) is 9.94. The van der Waals surface area contributed by atoms with E-state index >= 15 is 0 Å². The minimum atomic E-state index is -2.28. The molecule has 2 nitrogen and oxygen atoms in total. The maximum Gasteiger partial charge on any atom is 0.244 e. The van der Waals surface area contributed by atoms with Crippen LogP contribution in [0, 0.1) is 11.8 Å². The van der Waals surface area contributed by atoms with Gasteiger partial charge in [-0.25, -0.2) is 0 Å². The Bertz CT molecular complexity index is 195. The Morgan fingerprint density at radius 2 is 1.31 bits per heavy atom. The van der Waals surface area contributed by atoms with Crippen molar-refractivity contribution in [2.75, 3.05) is 13.2 Å². The Kier molecular flexibility index (Phi) is 13.7. The predicted molar refractivity (Wildman–Crippen MR) is 79.8 cm³/mol. The van der Waals surface area contributed by atoms with Crippen molar-refractivity contribution >= 4 is 59.3 Å². The van der Waals surface area contributed by atoms with Crippen molar-refractivity contribution in [3.63, 3.8) is 0 Å². The van der Waals surface area contributed by atoms with Gasteiger partial charge in [-0.15, -0.1) is 0 Å². The Labute approximate surface area is 133 Å². The van der Waals surface area contributed by atoms with Crippen LogP contribution in [0.25, 0.3) is 0 Å². The smallest absolute Gasteiger partial charge is 0.244 e. The molecule has 0 spiro atoms. The van der Waals surface area contributed by atoms with Crippen molar-refractivity contribution in [1.82, 2.24) is 0 Å². The Hall–Kier alpha value is 1.92. The number of thiol groups is 1. The van der Waals surface area contributed by atoms with E-state index in [1.165, 1.54) is 0 Å². The second kappa shape index (κ2) is 10.8. The standard InChI is InChI=1S/C10H23O2PS2.Na/c1-9(2)5-7-11-13(14,15)12-8-6-10(3)4;/h9-10H,5-8H2,1-4H3,(H,14,15);. The third-order valence-corrected chi connectivity index (χ3v) is 4.24. The third-order valence-electron chi connectivity index (χ3n) is 1.90. The van der Waals surface area contributed by atoms with Gasteiger partial charge in [0.15, 0.2) is 0 Å². The number of rotatable bonds is 8. The molecule has 0 aromatic rings. The van der Waals surface area contributed by atoms with Crippen molar-refractivity contribution in [2.45, 2.75) is 40.5 Å². The zero-order chi connectivity index (χ0) is 11.9. The molecule has 0 aliphatic heterocycles. The van der Waals surface area contributed by atoms with E-state index in [4.69, 9.17) is 20.9 Å². The summed E-state index contributed by atoms with van der Waals surface area (Å²) in [6, 6.07) is 0. The summed E-state index contributed by atoms with van der Waals surface area (Å²) in [7, 11) is 0. The molecule has 0 saturated heterocycles. The van der Waals surface area contributed by atoms with E-state index in [-0.39, 0.29) is 29.6 Å². The fourth-order valence-electron chi connectivity index (χ4n) is 0.845. The SMILES string of the molecule is CC(C)CCOP(=S)(S)OCCC(C)C.[Na]. The first-order valence-electron chi connectivity index (χ1n) is 5.45. The molecule has 0 aromatic carbocycles. The average Bonchev–Trinajstić information content (AvgIpc) is 2.01. The van der Waals surface area contributed by atoms with Crippen LogP contribution in [0.5, 0.6) is 0 Å². The number of hydrogen-bond acceptors (Lipinski definition) is 3. The van der Waals surface area contributed by atoms with Gasteiger partial charge in [-0.05, 0) is 36.5 Å². The summed E-state index contributed by atoms with van der Waals surface area (Å²) in [4.78, 5) is 0. The molecule has 0 N–H and O–H groups in total. The molecule has 0 bridgehead atoms. The Morgan fingerprint density at radius 1 is 1.00 bits per heavy atom. The summed E-state index contributed by atoms with van der Waals surface area (Å²) in [5, 5.41) is 0. The van der Waals surface area contributed by atoms with Crippen molar-refractivity contribution in [2.24, 2.45) is 11.8 Å². The third kappa shape index (κ3) is 14.0. The van der Waals surface area contributed by atoms with Gasteiger partial charge in [0, 0.05) is 29.6 Å². The van der Waals surface area contributed by atoms with Crippen LogP contribution in [0.3, 0.4) is 0 Å². The molecule has 0 atom stereocenters. The first-order chi connectivity index (χ1) is 6.83. The Morgan fingerprint density at radius 3 is 1.56 bits per heavy atom. The maximum absolute atomic E-state index is 5.49. The molecule has 93 valence electrons. The quantitative estimate of drug-likeness (QED) is 0.416. The Balaban J connectivity index is 0. The molecule has 0 rings (SSSR count). The van der Waals surface area contributed by atoms with E-state index < -0.39 is 5.69 Å². The molecular weight excluding hydrogens is 270 g/mol. The molecule has 0 amide bonds. The van der Waals surface area contributed by atoms with E-state index in [1.54, 1.807) is 0 Å². The second-order valence-corrected chi connectivity index (χ2v) is 9.79. The fraction of sp³-hybridized carbons (Fsp3) is 1.00. The monoisotopic (exact) mass is 293 g/mol. The van der Waals surface area contributed by atoms with E-state index in [0.29, 0.717) is 25.0 Å². The molecular formula is C10H23NaO2PS2. The summed E-state index contributed by atoms with van der Waals surface area (Å²) in [5.41, 5.74) is -2.28. The van der Waals surface area contributed by atoms with Crippen molar-refractivity contribution in [3.8, 4) is 0 Å². The van der Waals surface area contributed by atoms with Crippen molar-refractivity contribution < 1.29 is 9.05 Å². The van der Waals surface area contributed by atoms with Crippen LogP contribution in [0.2, 0.25) is 0 Å². The molecule has 16 heavy (non-hydrogen) atoms. The molecule has 0 aliphatic rings. The van der Waals surface area contributed by atoms with Gasteiger partial charge >= 0.3 is 0 Å². The van der Waals surface area contributed by atoms with Gasteiger partial charge in [0.2, 0.25) is 5.69 Å². The van der Waals surface area contributed by atoms with E-state index in [0.717, 1.165) is 12.8 Å². The van der Waals surface area contributed by atoms with Gasteiger partial charge in [-0.2, -0.15) is 0 Å². The van der Waals surface area contributed by atoms with E-state index in [9.17, 15) is 0 Å². The molecule has 0 aromatic heterocycles. The summed E-state index contributed by atoms with van der Waals surface area (Å²) < 4.78 is 11.0. The van der Waals surface area contributed by atoms with Crippen LogP contribution < -0.4 is 0 Å². The van der Waals surface area contributed by atoms with Gasteiger partial charge in [0.1, 0.15) is 0 Å². The molecule has 0 aliphatic carbocycles. The van der Waals surface area contributed by atoms with Crippen LogP contribution in [0.4, 0.5) is 0 Å². The molecule has 0 unspecified atom stereocenters. The van der Waals surface area contributed by atoms with Crippen LogP contribution in [-0.2, 0) is 20.9 Å². The summed E-state index contributed by atoms with van der Waals surface area (Å²) in [5.74, 6) is 1.26. The van der Waals surface area contributed by atoms with Crippen LogP contribution in [0.15, 0.2) is 0 Å². The van der Waals surface area contributed by atoms with Crippen molar-refractivity contribution in [3.05, 3.63) is 0 Å². The zero-order valence-corrected chi connectivity index (χ0v) is 15.7. The van der Waals surface area contributed by atoms with Crippen molar-refractivity contribution in [1.29, 1.82) is 0 Å². The van der Waals surface area contributed by atoms with Crippen LogP contribution in [-0.4, -0.2) is 42.8 Å². The summed E-state index contributed by atoms with van der Waals surface area (Å²) in [6.07, 6.45) is 2.01.